The van der Waals surface area contributed by atoms with Crippen LogP contribution in [0.4, 0.5) is 5.69 Å². The highest BCUT2D eigenvalue weighted by Crippen LogP contribution is 2.29. The van der Waals surface area contributed by atoms with Crippen LogP contribution in [-0.4, -0.2) is 30.8 Å². The Kier molecular flexibility index (Phi) is 6.08. The Morgan fingerprint density at radius 1 is 1.43 bits per heavy atom. The molecule has 3 nitrogen and oxygen atoms in total. The Labute approximate surface area is 136 Å². The van der Waals surface area contributed by atoms with E-state index in [1.807, 2.05) is 0 Å². The molecule has 0 spiro atoms. The number of nitrogens with zero attached hydrogens (tertiary/aromatic N) is 1. The second-order valence-corrected chi connectivity index (χ2v) is 7.49. The third-order valence-electron chi connectivity index (χ3n) is 4.17. The monoisotopic (exact) mass is 354 g/mol. The van der Waals surface area contributed by atoms with Crippen LogP contribution >= 0.6 is 15.9 Å². The number of piperidine rings is 1. The first kappa shape index (κ1) is 16.8. The van der Waals surface area contributed by atoms with Gasteiger partial charge in [-0.25, -0.2) is 0 Å². The summed E-state index contributed by atoms with van der Waals surface area (Å²) in [4.78, 5) is 2.32. The van der Waals surface area contributed by atoms with Gasteiger partial charge in [0, 0.05) is 29.8 Å². The third-order valence-corrected chi connectivity index (χ3v) is 4.67. The lowest BCUT2D eigenvalue weighted by molar-refractivity contribution is 0.103. The van der Waals surface area contributed by atoms with E-state index in [0.29, 0.717) is 11.8 Å². The average molecular weight is 355 g/mol. The molecule has 2 rings (SSSR count). The zero-order valence-corrected chi connectivity index (χ0v) is 14.9. The molecule has 2 N–H and O–H groups in total. The van der Waals surface area contributed by atoms with Crippen molar-refractivity contribution in [3.8, 4) is 0 Å². The Morgan fingerprint density at radius 2 is 2.19 bits per heavy atom. The molecule has 1 fully saturated rings. The first-order valence-corrected chi connectivity index (χ1v) is 8.69. The molecule has 1 aliphatic rings. The quantitative estimate of drug-likeness (QED) is 0.850. The van der Waals surface area contributed by atoms with Crippen molar-refractivity contribution in [2.24, 2.45) is 11.8 Å². The number of nitrogens with one attached hydrogen (secondary N) is 1. The molecule has 0 saturated carbocycles. The Balaban J connectivity index is 2.11. The molecule has 1 aromatic rings. The van der Waals surface area contributed by atoms with Crippen molar-refractivity contribution < 1.29 is 5.11 Å². The van der Waals surface area contributed by atoms with Crippen LogP contribution in [0, 0.1) is 11.8 Å². The van der Waals surface area contributed by atoms with Gasteiger partial charge in [-0.2, -0.15) is 0 Å². The van der Waals surface area contributed by atoms with E-state index in [9.17, 15) is 5.11 Å². The zero-order chi connectivity index (χ0) is 15.4. The number of hydrogen-bond acceptors (Lipinski definition) is 3. The van der Waals surface area contributed by atoms with Crippen LogP contribution in [0.15, 0.2) is 22.7 Å². The topological polar surface area (TPSA) is 35.5 Å². The standard InChI is InChI=1S/C17H27BrN2O/c1-12(2)9-19-10-14-4-5-15(18)8-16(14)20-7-6-13(3)17(21)11-20/h4-5,8,12-13,17,19,21H,6-7,9-11H2,1-3H3. The summed E-state index contributed by atoms with van der Waals surface area (Å²) in [6.45, 7) is 10.2. The molecule has 2 unspecified atom stereocenters. The molecular formula is C17H27BrN2O. The molecule has 4 heteroatoms. The fourth-order valence-corrected chi connectivity index (χ4v) is 3.09. The Hall–Kier alpha value is -0.580. The first-order chi connectivity index (χ1) is 9.97. The predicted molar refractivity (Wildman–Crippen MR) is 92.7 cm³/mol. The Bertz CT molecular complexity index is 464. The minimum Gasteiger partial charge on any atom is -0.391 e. The molecule has 21 heavy (non-hydrogen) atoms. The molecule has 0 bridgehead atoms. The van der Waals surface area contributed by atoms with Crippen LogP contribution < -0.4 is 10.2 Å². The van der Waals surface area contributed by atoms with Gasteiger partial charge in [-0.15, -0.1) is 0 Å². The van der Waals surface area contributed by atoms with Gasteiger partial charge in [-0.1, -0.05) is 42.8 Å². The predicted octanol–water partition coefficient (Wildman–Crippen LogP) is 3.40. The van der Waals surface area contributed by atoms with E-state index in [1.54, 1.807) is 0 Å². The maximum atomic E-state index is 10.1. The van der Waals surface area contributed by atoms with Crippen molar-refractivity contribution >= 4 is 21.6 Å². The molecule has 1 aromatic carbocycles. The van der Waals surface area contributed by atoms with Crippen molar-refractivity contribution in [3.05, 3.63) is 28.2 Å². The summed E-state index contributed by atoms with van der Waals surface area (Å²) < 4.78 is 1.10. The highest BCUT2D eigenvalue weighted by atomic mass is 79.9. The van der Waals surface area contributed by atoms with Gasteiger partial charge in [-0.3, -0.25) is 0 Å². The van der Waals surface area contributed by atoms with Crippen LogP contribution in [-0.2, 0) is 6.54 Å². The minimum atomic E-state index is -0.228. The van der Waals surface area contributed by atoms with Crippen molar-refractivity contribution in [1.29, 1.82) is 0 Å². The molecule has 1 saturated heterocycles. The zero-order valence-electron chi connectivity index (χ0n) is 13.3. The molecule has 0 radical (unpaired) electrons. The summed E-state index contributed by atoms with van der Waals surface area (Å²) in [5.74, 6) is 1.05. The van der Waals surface area contributed by atoms with Crippen molar-refractivity contribution in [3.63, 3.8) is 0 Å². The van der Waals surface area contributed by atoms with E-state index in [2.05, 4.69) is 65.1 Å². The van der Waals surface area contributed by atoms with Crippen molar-refractivity contribution in [2.45, 2.75) is 39.8 Å². The molecule has 0 aliphatic carbocycles. The van der Waals surface area contributed by atoms with Gasteiger partial charge in [0.25, 0.3) is 0 Å². The number of benzene rings is 1. The van der Waals surface area contributed by atoms with Crippen LogP contribution in [0.1, 0.15) is 32.8 Å². The van der Waals surface area contributed by atoms with E-state index < -0.39 is 0 Å². The molecule has 0 aromatic heterocycles. The summed E-state index contributed by atoms with van der Waals surface area (Å²) >= 11 is 3.57. The van der Waals surface area contributed by atoms with E-state index >= 15 is 0 Å². The van der Waals surface area contributed by atoms with Crippen molar-refractivity contribution in [1.82, 2.24) is 5.32 Å². The number of aliphatic hydroxyl groups is 1. The van der Waals surface area contributed by atoms with Gasteiger partial charge in [0.05, 0.1) is 6.10 Å². The van der Waals surface area contributed by atoms with Crippen LogP contribution in [0.5, 0.6) is 0 Å². The number of anilines is 1. The first-order valence-electron chi connectivity index (χ1n) is 7.89. The van der Waals surface area contributed by atoms with E-state index in [1.165, 1.54) is 11.3 Å². The van der Waals surface area contributed by atoms with Gasteiger partial charge in [0.15, 0.2) is 0 Å². The number of rotatable bonds is 5. The summed E-state index contributed by atoms with van der Waals surface area (Å²) in [7, 11) is 0. The van der Waals surface area contributed by atoms with Gasteiger partial charge in [0.1, 0.15) is 0 Å². The van der Waals surface area contributed by atoms with Gasteiger partial charge >= 0.3 is 0 Å². The third kappa shape index (κ3) is 4.70. The second kappa shape index (κ2) is 7.61. The smallest absolute Gasteiger partial charge is 0.0741 e. The van der Waals surface area contributed by atoms with Gasteiger partial charge < -0.3 is 15.3 Å². The second-order valence-electron chi connectivity index (χ2n) is 6.58. The maximum absolute atomic E-state index is 10.1. The molecule has 1 heterocycles. The highest BCUT2D eigenvalue weighted by molar-refractivity contribution is 9.10. The average Bonchev–Trinajstić information content (AvgIpc) is 2.43. The molecule has 2 atom stereocenters. The highest BCUT2D eigenvalue weighted by Gasteiger charge is 2.25. The van der Waals surface area contributed by atoms with E-state index in [0.717, 1.165) is 37.1 Å². The molecule has 0 amide bonds. The fraction of sp³-hybridized carbons (Fsp3) is 0.647. The van der Waals surface area contributed by atoms with Crippen molar-refractivity contribution in [2.75, 3.05) is 24.5 Å². The van der Waals surface area contributed by atoms with E-state index in [-0.39, 0.29) is 6.10 Å². The van der Waals surface area contributed by atoms with Crippen LogP contribution in [0.2, 0.25) is 0 Å². The Morgan fingerprint density at radius 3 is 2.86 bits per heavy atom. The fourth-order valence-electron chi connectivity index (χ4n) is 2.74. The lowest BCUT2D eigenvalue weighted by Crippen LogP contribution is -2.43. The normalized spacial score (nSPS) is 22.9. The number of aliphatic hydroxyl groups excluding tert-OH is 1. The summed E-state index contributed by atoms with van der Waals surface area (Å²) in [6.07, 6.45) is 0.821. The minimum absolute atomic E-state index is 0.228. The van der Waals surface area contributed by atoms with Gasteiger partial charge in [-0.05, 0) is 42.5 Å². The molecular weight excluding hydrogens is 328 g/mol. The number of β-amino-alcohol motifs (C(OH)–C–C–N with tert-alkyl or cyclic N) is 1. The summed E-state index contributed by atoms with van der Waals surface area (Å²) in [5, 5.41) is 13.7. The van der Waals surface area contributed by atoms with Crippen LogP contribution in [0.3, 0.4) is 0 Å². The largest absolute Gasteiger partial charge is 0.391 e. The summed E-state index contributed by atoms with van der Waals surface area (Å²) in [5.41, 5.74) is 2.55. The maximum Gasteiger partial charge on any atom is 0.0741 e. The van der Waals surface area contributed by atoms with Crippen LogP contribution in [0.25, 0.3) is 0 Å². The number of halogens is 1. The SMILES string of the molecule is CC(C)CNCc1ccc(Br)cc1N1CCC(C)C(O)C1. The lowest BCUT2D eigenvalue weighted by atomic mass is 9.95. The molecule has 1 aliphatic heterocycles. The number of hydrogen-bond donors (Lipinski definition) is 2. The molecule has 118 valence electrons. The van der Waals surface area contributed by atoms with Gasteiger partial charge in [0.2, 0.25) is 0 Å². The lowest BCUT2D eigenvalue weighted by Gasteiger charge is -2.37. The summed E-state index contributed by atoms with van der Waals surface area (Å²) in [6, 6.07) is 6.45. The van der Waals surface area contributed by atoms with E-state index in [4.69, 9.17) is 0 Å².